The molecule has 1 aromatic heterocycles. The van der Waals surface area contributed by atoms with Gasteiger partial charge in [-0.25, -0.2) is 9.59 Å². The summed E-state index contributed by atoms with van der Waals surface area (Å²) in [6, 6.07) is 0. The number of nitrogens with two attached hydrogens (primary N) is 1. The summed E-state index contributed by atoms with van der Waals surface area (Å²) in [5.41, 5.74) is 6.29. The summed E-state index contributed by atoms with van der Waals surface area (Å²) in [4.78, 5) is 25.9. The highest BCUT2D eigenvalue weighted by Gasteiger charge is 2.28. The number of carbonyl (C=O) groups is 2. The summed E-state index contributed by atoms with van der Waals surface area (Å²) in [5.74, 6) is -1.07. The third kappa shape index (κ3) is 3.22. The predicted octanol–water partition coefficient (Wildman–Crippen LogP) is 2.14. The van der Waals surface area contributed by atoms with Gasteiger partial charge in [-0.15, -0.1) is 11.3 Å². The van der Waals surface area contributed by atoms with E-state index in [0.29, 0.717) is 5.00 Å². The third-order valence-electron chi connectivity index (χ3n) is 2.68. The van der Waals surface area contributed by atoms with Crippen molar-refractivity contribution in [1.82, 2.24) is 0 Å². The molecule has 0 radical (unpaired) electrons. The summed E-state index contributed by atoms with van der Waals surface area (Å²) in [7, 11) is 3.12. The van der Waals surface area contributed by atoms with Crippen molar-refractivity contribution in [1.29, 1.82) is 0 Å². The standard InChI is InChI=1S/C13H20N2O4S/c1-5-7-15(3)11-8(12(16)19-6-2)9(14)10(20-11)13(17)18-4/h5-7,14H2,1-4H3. The lowest BCUT2D eigenvalue weighted by atomic mass is 10.2. The number of hydrogen-bond acceptors (Lipinski definition) is 7. The van der Waals surface area contributed by atoms with Gasteiger partial charge in [-0.3, -0.25) is 0 Å². The van der Waals surface area contributed by atoms with Crippen molar-refractivity contribution in [2.24, 2.45) is 0 Å². The molecule has 0 aliphatic carbocycles. The van der Waals surface area contributed by atoms with Crippen LogP contribution in [0.3, 0.4) is 0 Å². The van der Waals surface area contributed by atoms with Gasteiger partial charge in [-0.05, 0) is 13.3 Å². The molecular weight excluding hydrogens is 280 g/mol. The van der Waals surface area contributed by atoms with Gasteiger partial charge in [-0.1, -0.05) is 6.92 Å². The molecule has 7 heteroatoms. The molecule has 1 rings (SSSR count). The van der Waals surface area contributed by atoms with E-state index in [1.165, 1.54) is 7.11 Å². The molecule has 0 saturated carbocycles. The Hall–Kier alpha value is -1.76. The number of hydrogen-bond donors (Lipinski definition) is 1. The summed E-state index contributed by atoms with van der Waals surface area (Å²) in [6.45, 7) is 4.74. The van der Waals surface area contributed by atoms with Gasteiger partial charge in [0.25, 0.3) is 0 Å². The van der Waals surface area contributed by atoms with Gasteiger partial charge in [0.1, 0.15) is 15.4 Å². The van der Waals surface area contributed by atoms with Crippen LogP contribution in [0, 0.1) is 0 Å². The normalized spacial score (nSPS) is 10.2. The maximum absolute atomic E-state index is 12.0. The smallest absolute Gasteiger partial charge is 0.350 e. The Bertz CT molecular complexity index is 499. The van der Waals surface area contributed by atoms with Crippen LogP contribution in [-0.2, 0) is 9.47 Å². The molecule has 1 heterocycles. The predicted molar refractivity (Wildman–Crippen MR) is 79.6 cm³/mol. The van der Waals surface area contributed by atoms with Gasteiger partial charge >= 0.3 is 11.9 Å². The highest BCUT2D eigenvalue weighted by molar-refractivity contribution is 7.19. The minimum Gasteiger partial charge on any atom is -0.465 e. The van der Waals surface area contributed by atoms with E-state index in [2.05, 4.69) is 4.74 Å². The molecule has 6 nitrogen and oxygen atoms in total. The Kier molecular flexibility index (Phi) is 5.82. The summed E-state index contributed by atoms with van der Waals surface area (Å²) >= 11 is 1.15. The van der Waals surface area contributed by atoms with E-state index in [0.717, 1.165) is 24.3 Å². The molecule has 112 valence electrons. The average molecular weight is 300 g/mol. The minimum absolute atomic E-state index is 0.123. The van der Waals surface area contributed by atoms with Gasteiger partial charge in [0.05, 0.1) is 19.4 Å². The summed E-state index contributed by atoms with van der Waals surface area (Å²) in [5, 5.41) is 0.628. The second-order valence-corrected chi connectivity index (χ2v) is 5.16. The first-order valence-corrected chi connectivity index (χ1v) is 7.18. The molecule has 0 amide bonds. The highest BCUT2D eigenvalue weighted by Crippen LogP contribution is 2.38. The number of anilines is 2. The van der Waals surface area contributed by atoms with Crippen molar-refractivity contribution in [3.63, 3.8) is 0 Å². The molecule has 0 fully saturated rings. The summed E-state index contributed by atoms with van der Waals surface area (Å²) in [6.07, 6.45) is 0.907. The van der Waals surface area contributed by atoms with E-state index >= 15 is 0 Å². The van der Waals surface area contributed by atoms with E-state index in [-0.39, 0.29) is 22.7 Å². The van der Waals surface area contributed by atoms with E-state index < -0.39 is 11.9 Å². The molecule has 20 heavy (non-hydrogen) atoms. The first-order chi connectivity index (χ1) is 9.47. The molecular formula is C13H20N2O4S. The Balaban J connectivity index is 3.32. The number of carbonyl (C=O) groups excluding carboxylic acids is 2. The van der Waals surface area contributed by atoms with Crippen LogP contribution < -0.4 is 10.6 Å². The topological polar surface area (TPSA) is 81.9 Å². The van der Waals surface area contributed by atoms with Crippen LogP contribution >= 0.6 is 11.3 Å². The molecule has 0 spiro atoms. The van der Waals surface area contributed by atoms with Gasteiger partial charge in [0.2, 0.25) is 0 Å². The molecule has 1 aromatic rings. The van der Waals surface area contributed by atoms with Gasteiger partial charge < -0.3 is 20.1 Å². The van der Waals surface area contributed by atoms with Gasteiger partial charge in [0.15, 0.2) is 0 Å². The van der Waals surface area contributed by atoms with Crippen molar-refractivity contribution in [2.45, 2.75) is 20.3 Å². The van der Waals surface area contributed by atoms with Crippen LogP contribution in [0.1, 0.15) is 40.3 Å². The van der Waals surface area contributed by atoms with Crippen molar-refractivity contribution < 1.29 is 19.1 Å². The fraction of sp³-hybridized carbons (Fsp3) is 0.538. The first-order valence-electron chi connectivity index (χ1n) is 6.36. The van der Waals surface area contributed by atoms with E-state index in [4.69, 9.17) is 10.5 Å². The van der Waals surface area contributed by atoms with Crippen LogP contribution in [0.2, 0.25) is 0 Å². The molecule has 2 N–H and O–H groups in total. The van der Waals surface area contributed by atoms with Crippen LogP contribution in [0.4, 0.5) is 10.7 Å². The number of ether oxygens (including phenoxy) is 2. The van der Waals surface area contributed by atoms with Crippen molar-refractivity contribution >= 4 is 34.0 Å². The quantitative estimate of drug-likeness (QED) is 0.811. The SMILES string of the molecule is CCCN(C)c1sc(C(=O)OC)c(N)c1C(=O)OCC. The minimum atomic E-state index is -0.547. The van der Waals surface area contributed by atoms with Crippen molar-refractivity contribution in [2.75, 3.05) is 37.9 Å². The molecule has 0 saturated heterocycles. The lowest BCUT2D eigenvalue weighted by molar-refractivity contribution is 0.0529. The van der Waals surface area contributed by atoms with Crippen molar-refractivity contribution in [3.05, 3.63) is 10.4 Å². The molecule has 0 atom stereocenters. The number of methoxy groups -OCH3 is 1. The van der Waals surface area contributed by atoms with E-state index in [9.17, 15) is 9.59 Å². The third-order valence-corrected chi connectivity index (χ3v) is 3.98. The zero-order chi connectivity index (χ0) is 15.3. The summed E-state index contributed by atoms with van der Waals surface area (Å²) < 4.78 is 9.70. The first kappa shape index (κ1) is 16.3. The monoisotopic (exact) mass is 300 g/mol. The largest absolute Gasteiger partial charge is 0.465 e. The second-order valence-electron chi connectivity index (χ2n) is 4.16. The Morgan fingerprint density at radius 1 is 1.30 bits per heavy atom. The van der Waals surface area contributed by atoms with Gasteiger partial charge in [-0.2, -0.15) is 0 Å². The van der Waals surface area contributed by atoms with E-state index in [1.54, 1.807) is 6.92 Å². The fourth-order valence-electron chi connectivity index (χ4n) is 1.78. The van der Waals surface area contributed by atoms with Crippen LogP contribution in [0.5, 0.6) is 0 Å². The lowest BCUT2D eigenvalue weighted by Gasteiger charge is -2.17. The number of esters is 2. The molecule has 0 unspecified atom stereocenters. The number of nitrogen functional groups attached to an aromatic ring is 1. The molecule has 0 aromatic carbocycles. The molecule has 0 aliphatic rings. The number of thiophene rings is 1. The van der Waals surface area contributed by atoms with Crippen LogP contribution in [-0.4, -0.2) is 39.2 Å². The Morgan fingerprint density at radius 3 is 2.45 bits per heavy atom. The maximum atomic E-state index is 12.0. The Morgan fingerprint density at radius 2 is 1.95 bits per heavy atom. The highest BCUT2D eigenvalue weighted by atomic mass is 32.1. The zero-order valence-electron chi connectivity index (χ0n) is 12.2. The van der Waals surface area contributed by atoms with Crippen molar-refractivity contribution in [3.8, 4) is 0 Å². The Labute approximate surface area is 122 Å². The van der Waals surface area contributed by atoms with Gasteiger partial charge in [0, 0.05) is 13.6 Å². The molecule has 0 aliphatic heterocycles. The zero-order valence-corrected chi connectivity index (χ0v) is 13.0. The van der Waals surface area contributed by atoms with Crippen LogP contribution in [0.25, 0.3) is 0 Å². The fourth-order valence-corrected chi connectivity index (χ4v) is 2.90. The second kappa shape index (κ2) is 7.14. The average Bonchev–Trinajstić information content (AvgIpc) is 2.76. The molecule has 0 bridgehead atoms. The number of rotatable bonds is 6. The number of nitrogens with zero attached hydrogens (tertiary/aromatic N) is 1. The maximum Gasteiger partial charge on any atom is 0.350 e. The van der Waals surface area contributed by atoms with E-state index in [1.807, 2.05) is 18.9 Å². The lowest BCUT2D eigenvalue weighted by Crippen LogP contribution is -2.20. The van der Waals surface area contributed by atoms with Crippen LogP contribution in [0.15, 0.2) is 0 Å².